The first kappa shape index (κ1) is 23.5. The number of ether oxygens (including phenoxy) is 3. The lowest BCUT2D eigenvalue weighted by atomic mass is 10.1. The Morgan fingerprint density at radius 2 is 1.74 bits per heavy atom. The largest absolute Gasteiger partial charge is 0.497 e. The molecule has 1 aliphatic rings. The van der Waals surface area contributed by atoms with E-state index in [1.165, 1.54) is 7.11 Å². The maximum Gasteiger partial charge on any atom is 0.260 e. The number of thioether (sulfide) groups is 1. The number of anilines is 1. The Balaban J connectivity index is 1.48. The summed E-state index contributed by atoms with van der Waals surface area (Å²) in [5.74, 6) is 3.18. The lowest BCUT2D eigenvalue weighted by Crippen LogP contribution is -2.29. The third-order valence-corrected chi connectivity index (χ3v) is 6.42. The van der Waals surface area contributed by atoms with Crippen LogP contribution in [0.15, 0.2) is 42.5 Å². The molecule has 0 spiro atoms. The molecule has 0 unspecified atom stereocenters. The SMILES string of the molecule is COc1ccc(CNC(=O)Cn2nc3c(c2NC(=O)c2ccc(OC)cc2OC)CSC3)cc1. The van der Waals surface area contributed by atoms with Crippen LogP contribution < -0.4 is 24.8 Å². The molecular weight excluding hydrogens is 456 g/mol. The molecular formula is C24H26N4O5S. The van der Waals surface area contributed by atoms with E-state index in [1.54, 1.807) is 48.9 Å². The number of nitrogens with one attached hydrogen (secondary N) is 2. The van der Waals surface area contributed by atoms with Crippen molar-refractivity contribution in [2.75, 3.05) is 26.6 Å². The van der Waals surface area contributed by atoms with Crippen LogP contribution in [0.4, 0.5) is 5.82 Å². The third-order valence-electron chi connectivity index (χ3n) is 5.45. The molecule has 2 heterocycles. The fourth-order valence-corrected chi connectivity index (χ4v) is 4.65. The Bertz CT molecular complexity index is 1190. The molecule has 3 aromatic rings. The topological polar surface area (TPSA) is 104 Å². The summed E-state index contributed by atoms with van der Waals surface area (Å²) in [5, 5.41) is 10.4. The van der Waals surface area contributed by atoms with Crippen LogP contribution in [-0.4, -0.2) is 42.9 Å². The fraction of sp³-hybridized carbons (Fsp3) is 0.292. The van der Waals surface area contributed by atoms with E-state index in [9.17, 15) is 9.59 Å². The first-order valence-corrected chi connectivity index (χ1v) is 11.8. The lowest BCUT2D eigenvalue weighted by Gasteiger charge is -2.13. The zero-order valence-electron chi connectivity index (χ0n) is 19.2. The van der Waals surface area contributed by atoms with Crippen LogP contribution in [0.1, 0.15) is 27.2 Å². The minimum Gasteiger partial charge on any atom is -0.497 e. The quantitative estimate of drug-likeness (QED) is 0.483. The van der Waals surface area contributed by atoms with Gasteiger partial charge in [0.1, 0.15) is 29.6 Å². The summed E-state index contributed by atoms with van der Waals surface area (Å²) in [6.45, 7) is 0.369. The molecule has 178 valence electrons. The predicted octanol–water partition coefficient (Wildman–Crippen LogP) is 3.22. The first-order chi connectivity index (χ1) is 16.5. The van der Waals surface area contributed by atoms with Crippen molar-refractivity contribution in [1.29, 1.82) is 0 Å². The van der Waals surface area contributed by atoms with Crippen LogP contribution >= 0.6 is 11.8 Å². The second-order valence-electron chi connectivity index (χ2n) is 7.57. The van der Waals surface area contributed by atoms with E-state index in [0.717, 1.165) is 34.1 Å². The van der Waals surface area contributed by atoms with E-state index >= 15 is 0 Å². The van der Waals surface area contributed by atoms with Crippen molar-refractivity contribution < 1.29 is 23.8 Å². The number of carbonyl (C=O) groups is 2. The molecule has 0 radical (unpaired) electrons. The molecule has 1 aromatic heterocycles. The molecule has 2 amide bonds. The van der Waals surface area contributed by atoms with Crippen molar-refractivity contribution in [2.24, 2.45) is 0 Å². The number of carbonyl (C=O) groups excluding carboxylic acids is 2. The third kappa shape index (κ3) is 5.12. The van der Waals surface area contributed by atoms with E-state index in [0.29, 0.717) is 29.4 Å². The van der Waals surface area contributed by atoms with E-state index in [-0.39, 0.29) is 18.4 Å². The van der Waals surface area contributed by atoms with Gasteiger partial charge in [0.2, 0.25) is 5.91 Å². The number of hydrogen-bond acceptors (Lipinski definition) is 7. The maximum atomic E-state index is 13.1. The highest BCUT2D eigenvalue weighted by Crippen LogP contribution is 2.35. The van der Waals surface area contributed by atoms with Crippen LogP contribution in [0.25, 0.3) is 0 Å². The molecule has 1 aliphatic heterocycles. The molecule has 0 saturated carbocycles. The highest BCUT2D eigenvalue weighted by atomic mass is 32.2. The van der Waals surface area contributed by atoms with Gasteiger partial charge in [-0.05, 0) is 29.8 Å². The van der Waals surface area contributed by atoms with Gasteiger partial charge in [0.05, 0.1) is 32.6 Å². The lowest BCUT2D eigenvalue weighted by molar-refractivity contribution is -0.122. The Kier molecular flexibility index (Phi) is 7.27. The zero-order chi connectivity index (χ0) is 24.1. The van der Waals surface area contributed by atoms with Gasteiger partial charge in [-0.2, -0.15) is 16.9 Å². The molecule has 0 bridgehead atoms. The van der Waals surface area contributed by atoms with E-state index in [4.69, 9.17) is 14.2 Å². The average molecular weight is 483 g/mol. The second kappa shape index (κ2) is 10.5. The molecule has 34 heavy (non-hydrogen) atoms. The van der Waals surface area contributed by atoms with Crippen LogP contribution in [0.3, 0.4) is 0 Å². The van der Waals surface area contributed by atoms with Gasteiger partial charge in [-0.15, -0.1) is 0 Å². The summed E-state index contributed by atoms with van der Waals surface area (Å²) in [7, 11) is 4.66. The van der Waals surface area contributed by atoms with Gasteiger partial charge in [-0.1, -0.05) is 12.1 Å². The molecule has 0 aliphatic carbocycles. The summed E-state index contributed by atoms with van der Waals surface area (Å²) < 4.78 is 17.3. The second-order valence-corrected chi connectivity index (χ2v) is 8.56. The van der Waals surface area contributed by atoms with Gasteiger partial charge in [-0.3, -0.25) is 9.59 Å². The molecule has 4 rings (SSSR count). The molecule has 10 heteroatoms. The van der Waals surface area contributed by atoms with E-state index < -0.39 is 0 Å². The van der Waals surface area contributed by atoms with Gasteiger partial charge in [-0.25, -0.2) is 4.68 Å². The Labute approximate surface area is 201 Å². The van der Waals surface area contributed by atoms with Crippen LogP contribution in [0.5, 0.6) is 17.2 Å². The highest BCUT2D eigenvalue weighted by Gasteiger charge is 2.26. The standard InChI is InChI=1S/C24H26N4O5S/c1-31-16-6-4-15(5-7-16)11-25-22(29)12-28-23(19-13-34-14-20(19)27-28)26-24(30)18-9-8-17(32-2)10-21(18)33-3/h4-10H,11-14H2,1-3H3,(H,25,29)(H,26,30). The summed E-state index contributed by atoms with van der Waals surface area (Å²) >= 11 is 1.72. The van der Waals surface area contributed by atoms with Crippen molar-refractivity contribution in [2.45, 2.75) is 24.6 Å². The molecule has 0 atom stereocenters. The smallest absolute Gasteiger partial charge is 0.260 e. The summed E-state index contributed by atoms with van der Waals surface area (Å²) in [4.78, 5) is 25.8. The van der Waals surface area contributed by atoms with Crippen molar-refractivity contribution in [3.05, 3.63) is 64.8 Å². The number of methoxy groups -OCH3 is 3. The van der Waals surface area contributed by atoms with Crippen LogP contribution in [-0.2, 0) is 29.4 Å². The minimum atomic E-state index is -0.348. The maximum absolute atomic E-state index is 13.1. The normalized spacial score (nSPS) is 12.1. The number of nitrogens with zero attached hydrogens (tertiary/aromatic N) is 2. The number of amides is 2. The van der Waals surface area contributed by atoms with Crippen LogP contribution in [0.2, 0.25) is 0 Å². The summed E-state index contributed by atoms with van der Waals surface area (Å²) in [6, 6.07) is 12.5. The number of benzene rings is 2. The molecule has 2 aromatic carbocycles. The molecule has 0 fully saturated rings. The van der Waals surface area contributed by atoms with Crippen molar-refractivity contribution in [3.63, 3.8) is 0 Å². The minimum absolute atomic E-state index is 0.0107. The molecule has 0 saturated heterocycles. The fourth-order valence-electron chi connectivity index (χ4n) is 3.62. The summed E-state index contributed by atoms with van der Waals surface area (Å²) in [6.07, 6.45) is 0. The van der Waals surface area contributed by atoms with Crippen LogP contribution in [0, 0.1) is 0 Å². The van der Waals surface area contributed by atoms with Gasteiger partial charge in [0, 0.05) is 29.7 Å². The van der Waals surface area contributed by atoms with E-state index in [2.05, 4.69) is 15.7 Å². The van der Waals surface area contributed by atoms with Crippen molar-refractivity contribution in [3.8, 4) is 17.2 Å². The van der Waals surface area contributed by atoms with Gasteiger partial charge < -0.3 is 24.8 Å². The van der Waals surface area contributed by atoms with Gasteiger partial charge in [0.15, 0.2) is 0 Å². The van der Waals surface area contributed by atoms with Crippen molar-refractivity contribution >= 4 is 29.4 Å². The monoisotopic (exact) mass is 482 g/mol. The molecule has 9 nitrogen and oxygen atoms in total. The average Bonchev–Trinajstić information content (AvgIpc) is 3.44. The number of aromatic nitrogens is 2. The van der Waals surface area contributed by atoms with Gasteiger partial charge in [0.25, 0.3) is 5.91 Å². The predicted molar refractivity (Wildman–Crippen MR) is 130 cm³/mol. The Morgan fingerprint density at radius 3 is 2.44 bits per heavy atom. The zero-order valence-corrected chi connectivity index (χ0v) is 20.0. The highest BCUT2D eigenvalue weighted by molar-refractivity contribution is 7.98. The number of hydrogen-bond donors (Lipinski definition) is 2. The first-order valence-electron chi connectivity index (χ1n) is 10.6. The van der Waals surface area contributed by atoms with Gasteiger partial charge >= 0.3 is 0 Å². The van der Waals surface area contributed by atoms with E-state index in [1.807, 2.05) is 24.3 Å². The Hall–Kier alpha value is -3.66. The molecule has 2 N–H and O–H groups in total. The number of rotatable bonds is 9. The Morgan fingerprint density at radius 1 is 1.00 bits per heavy atom. The number of fused-ring (bicyclic) bond motifs is 1. The summed E-state index contributed by atoms with van der Waals surface area (Å²) in [5.41, 5.74) is 3.13. The van der Waals surface area contributed by atoms with Crippen molar-refractivity contribution in [1.82, 2.24) is 15.1 Å².